The Morgan fingerprint density at radius 1 is 1.50 bits per heavy atom. The number of likely N-dealkylation sites (N-methyl/N-ethyl adjacent to an activating group) is 1. The Morgan fingerprint density at radius 3 is 3.00 bits per heavy atom. The summed E-state index contributed by atoms with van der Waals surface area (Å²) in [7, 11) is 3.59. The van der Waals surface area contributed by atoms with Crippen molar-refractivity contribution in [3.63, 3.8) is 0 Å². The first-order chi connectivity index (χ1) is 8.70. The van der Waals surface area contributed by atoms with E-state index in [1.54, 1.807) is 13.2 Å². The van der Waals surface area contributed by atoms with Gasteiger partial charge in [0.2, 0.25) is 5.88 Å². The van der Waals surface area contributed by atoms with Crippen molar-refractivity contribution in [2.45, 2.75) is 25.4 Å². The third kappa shape index (κ3) is 3.04. The van der Waals surface area contributed by atoms with Crippen molar-refractivity contribution in [3.05, 3.63) is 12.1 Å². The number of nitrogen functional groups attached to an aromatic ring is 1. The topological polar surface area (TPSA) is 60.6 Å². The van der Waals surface area contributed by atoms with Crippen molar-refractivity contribution < 1.29 is 9.47 Å². The highest BCUT2D eigenvalue weighted by atomic mass is 16.5. The highest BCUT2D eigenvalue weighted by Gasteiger charge is 2.18. The average molecular weight is 251 g/mol. The highest BCUT2D eigenvalue weighted by Crippen LogP contribution is 2.24. The normalized spacial score (nSPS) is 19.6. The molecule has 1 aromatic heterocycles. The van der Waals surface area contributed by atoms with Crippen molar-refractivity contribution in [1.82, 2.24) is 4.98 Å². The summed E-state index contributed by atoms with van der Waals surface area (Å²) in [6.07, 6.45) is 3.78. The van der Waals surface area contributed by atoms with Gasteiger partial charge in [0.05, 0.1) is 18.9 Å². The quantitative estimate of drug-likeness (QED) is 0.882. The number of hydrogen-bond acceptors (Lipinski definition) is 5. The van der Waals surface area contributed by atoms with Crippen LogP contribution in [-0.2, 0) is 4.74 Å². The summed E-state index contributed by atoms with van der Waals surface area (Å²) < 4.78 is 10.9. The largest absolute Gasteiger partial charge is 0.481 e. The Bertz CT molecular complexity index is 392. The van der Waals surface area contributed by atoms with Gasteiger partial charge in [-0.15, -0.1) is 0 Å². The Kier molecular flexibility index (Phi) is 4.25. The summed E-state index contributed by atoms with van der Waals surface area (Å²) in [4.78, 5) is 6.41. The second-order valence-corrected chi connectivity index (χ2v) is 4.64. The van der Waals surface area contributed by atoms with Crippen LogP contribution in [0.25, 0.3) is 0 Å². The molecule has 2 N–H and O–H groups in total. The summed E-state index contributed by atoms with van der Waals surface area (Å²) in [6.45, 7) is 1.67. The van der Waals surface area contributed by atoms with Crippen molar-refractivity contribution in [2.75, 3.05) is 37.9 Å². The lowest BCUT2D eigenvalue weighted by molar-refractivity contribution is 0.0215. The highest BCUT2D eigenvalue weighted by molar-refractivity contribution is 5.63. The van der Waals surface area contributed by atoms with Crippen LogP contribution < -0.4 is 15.4 Å². The fourth-order valence-corrected chi connectivity index (χ4v) is 2.20. The van der Waals surface area contributed by atoms with E-state index in [2.05, 4.69) is 4.98 Å². The Labute approximate surface area is 108 Å². The predicted molar refractivity (Wildman–Crippen MR) is 72.1 cm³/mol. The molecule has 0 aromatic carbocycles. The standard InChI is InChI=1S/C13H21N3O2/c1-16(9-10-5-3-4-8-18-10)13-11(14)6-7-12(15-13)17-2/h6-7,10H,3-5,8-9,14H2,1-2H3. The van der Waals surface area contributed by atoms with Crippen molar-refractivity contribution in [2.24, 2.45) is 0 Å². The summed E-state index contributed by atoms with van der Waals surface area (Å²) in [5, 5.41) is 0. The molecule has 1 unspecified atom stereocenters. The van der Waals surface area contributed by atoms with E-state index in [0.717, 1.165) is 25.4 Å². The number of nitrogens with zero attached hydrogens (tertiary/aromatic N) is 2. The van der Waals surface area contributed by atoms with Crippen molar-refractivity contribution in [1.29, 1.82) is 0 Å². The van der Waals surface area contributed by atoms with Crippen molar-refractivity contribution >= 4 is 11.5 Å². The van der Waals surface area contributed by atoms with Gasteiger partial charge in [0.25, 0.3) is 0 Å². The first-order valence-corrected chi connectivity index (χ1v) is 6.34. The number of rotatable bonds is 4. The zero-order valence-electron chi connectivity index (χ0n) is 11.1. The fraction of sp³-hybridized carbons (Fsp3) is 0.615. The molecule has 2 rings (SSSR count). The van der Waals surface area contributed by atoms with Gasteiger partial charge in [-0.2, -0.15) is 4.98 Å². The Hall–Kier alpha value is -1.49. The molecular formula is C13H21N3O2. The summed E-state index contributed by atoms with van der Waals surface area (Å²) in [5.74, 6) is 1.33. The van der Waals surface area contributed by atoms with Gasteiger partial charge in [0, 0.05) is 26.3 Å². The van der Waals surface area contributed by atoms with Gasteiger partial charge in [-0.1, -0.05) is 0 Å². The molecule has 100 valence electrons. The van der Waals surface area contributed by atoms with E-state index in [4.69, 9.17) is 15.2 Å². The monoisotopic (exact) mass is 251 g/mol. The Balaban J connectivity index is 2.04. The van der Waals surface area contributed by atoms with E-state index in [0.29, 0.717) is 11.6 Å². The van der Waals surface area contributed by atoms with Crippen molar-refractivity contribution in [3.8, 4) is 5.88 Å². The molecule has 0 spiro atoms. The molecule has 5 nitrogen and oxygen atoms in total. The van der Waals surface area contributed by atoms with Crippen LogP contribution in [0.15, 0.2) is 12.1 Å². The lowest BCUT2D eigenvalue weighted by atomic mass is 10.1. The molecule has 0 aliphatic carbocycles. The molecule has 0 radical (unpaired) electrons. The average Bonchev–Trinajstić information content (AvgIpc) is 2.40. The van der Waals surface area contributed by atoms with Gasteiger partial charge < -0.3 is 20.1 Å². The van der Waals surface area contributed by atoms with E-state index in [1.165, 1.54) is 12.8 Å². The van der Waals surface area contributed by atoms with E-state index in [1.807, 2.05) is 18.0 Å². The maximum Gasteiger partial charge on any atom is 0.215 e. The van der Waals surface area contributed by atoms with Crippen LogP contribution in [0.4, 0.5) is 11.5 Å². The molecule has 1 aliphatic heterocycles. The molecule has 1 fully saturated rings. The predicted octanol–water partition coefficient (Wildman–Crippen LogP) is 1.68. The van der Waals surface area contributed by atoms with Crippen LogP contribution in [0.1, 0.15) is 19.3 Å². The first-order valence-electron chi connectivity index (χ1n) is 6.34. The minimum Gasteiger partial charge on any atom is -0.481 e. The van der Waals surface area contributed by atoms with Gasteiger partial charge in [-0.05, 0) is 25.3 Å². The molecule has 2 heterocycles. The molecule has 1 aromatic rings. The maximum atomic E-state index is 5.95. The maximum absolute atomic E-state index is 5.95. The number of hydrogen-bond donors (Lipinski definition) is 1. The van der Waals surface area contributed by atoms with E-state index in [-0.39, 0.29) is 6.10 Å². The summed E-state index contributed by atoms with van der Waals surface area (Å²) in [5.41, 5.74) is 6.61. The second-order valence-electron chi connectivity index (χ2n) is 4.64. The lowest BCUT2D eigenvalue weighted by Crippen LogP contribution is -2.34. The van der Waals surface area contributed by atoms with Crippen LogP contribution in [0.3, 0.4) is 0 Å². The van der Waals surface area contributed by atoms with Crippen LogP contribution in [-0.4, -0.2) is 38.4 Å². The number of aromatic nitrogens is 1. The minimum atomic E-state index is 0.274. The molecule has 0 bridgehead atoms. The zero-order chi connectivity index (χ0) is 13.0. The fourth-order valence-electron chi connectivity index (χ4n) is 2.20. The van der Waals surface area contributed by atoms with Gasteiger partial charge >= 0.3 is 0 Å². The SMILES string of the molecule is COc1ccc(N)c(N(C)CC2CCCCO2)n1. The van der Waals surface area contributed by atoms with Gasteiger partial charge in [0.15, 0.2) is 5.82 Å². The number of anilines is 2. The van der Waals surface area contributed by atoms with Crippen LogP contribution in [0.5, 0.6) is 5.88 Å². The molecule has 18 heavy (non-hydrogen) atoms. The van der Waals surface area contributed by atoms with Gasteiger partial charge in [-0.3, -0.25) is 0 Å². The molecule has 1 saturated heterocycles. The number of ether oxygens (including phenoxy) is 2. The molecule has 1 aliphatic rings. The number of methoxy groups -OCH3 is 1. The molecular weight excluding hydrogens is 230 g/mol. The third-order valence-electron chi connectivity index (χ3n) is 3.20. The third-order valence-corrected chi connectivity index (χ3v) is 3.20. The number of nitrogens with two attached hydrogens (primary N) is 1. The van der Waals surface area contributed by atoms with E-state index >= 15 is 0 Å². The number of pyridine rings is 1. The molecule has 5 heteroatoms. The van der Waals surface area contributed by atoms with E-state index < -0.39 is 0 Å². The summed E-state index contributed by atoms with van der Waals surface area (Å²) >= 11 is 0. The molecule has 0 saturated carbocycles. The van der Waals surface area contributed by atoms with Crippen LogP contribution in [0, 0.1) is 0 Å². The van der Waals surface area contributed by atoms with Gasteiger partial charge in [0.1, 0.15) is 0 Å². The molecule has 0 amide bonds. The van der Waals surface area contributed by atoms with Gasteiger partial charge in [-0.25, -0.2) is 0 Å². The van der Waals surface area contributed by atoms with Crippen LogP contribution >= 0.6 is 0 Å². The van der Waals surface area contributed by atoms with E-state index in [9.17, 15) is 0 Å². The molecule has 1 atom stereocenters. The zero-order valence-corrected chi connectivity index (χ0v) is 11.1. The Morgan fingerprint density at radius 2 is 2.33 bits per heavy atom. The minimum absolute atomic E-state index is 0.274. The second kappa shape index (κ2) is 5.91. The first kappa shape index (κ1) is 13.0. The lowest BCUT2D eigenvalue weighted by Gasteiger charge is -2.28. The van der Waals surface area contributed by atoms with Crippen LogP contribution in [0.2, 0.25) is 0 Å². The summed E-state index contributed by atoms with van der Waals surface area (Å²) in [6, 6.07) is 3.59. The smallest absolute Gasteiger partial charge is 0.215 e.